The maximum atomic E-state index is 11.7. The van der Waals surface area contributed by atoms with Gasteiger partial charge in [0.05, 0.1) is 6.42 Å². The van der Waals surface area contributed by atoms with Crippen molar-refractivity contribution < 1.29 is 14.7 Å². The molecule has 1 amide bonds. The van der Waals surface area contributed by atoms with E-state index in [9.17, 15) is 9.59 Å². The highest BCUT2D eigenvalue weighted by atomic mass is 16.4. The van der Waals surface area contributed by atoms with E-state index in [1.165, 1.54) is 5.56 Å². The van der Waals surface area contributed by atoms with Crippen molar-refractivity contribution in [2.45, 2.75) is 12.8 Å². The first-order valence-electron chi connectivity index (χ1n) is 5.53. The first-order chi connectivity index (χ1) is 8.16. The Hall–Kier alpha value is -2.04. The summed E-state index contributed by atoms with van der Waals surface area (Å²) in [5.41, 5.74) is 2.77. The number of amides is 1. The monoisotopic (exact) mass is 234 g/mol. The molecule has 0 aromatic heterocycles. The van der Waals surface area contributed by atoms with Crippen LogP contribution in [0.2, 0.25) is 0 Å². The first kappa shape index (κ1) is 11.4. The summed E-state index contributed by atoms with van der Waals surface area (Å²) in [4.78, 5) is 22.0. The molecule has 2 rings (SSSR count). The summed E-state index contributed by atoms with van der Waals surface area (Å²) in [6.07, 6.45) is 0.922. The Balaban J connectivity index is 1.97. The van der Waals surface area contributed by atoms with E-state index in [1.807, 2.05) is 6.07 Å². The molecular formula is C12H14N2O3. The van der Waals surface area contributed by atoms with E-state index in [-0.39, 0.29) is 18.9 Å². The average molecular weight is 234 g/mol. The smallest absolute Gasteiger partial charge is 0.305 e. The third kappa shape index (κ3) is 2.75. The van der Waals surface area contributed by atoms with Crippen LogP contribution in [0.5, 0.6) is 0 Å². The number of nitrogens with one attached hydrogen (secondary N) is 2. The molecule has 3 N–H and O–H groups in total. The van der Waals surface area contributed by atoms with Crippen LogP contribution in [-0.4, -0.2) is 30.1 Å². The van der Waals surface area contributed by atoms with Crippen molar-refractivity contribution in [3.63, 3.8) is 0 Å². The Labute approximate surface area is 98.8 Å². The standard InChI is InChI=1S/C12H14N2O3/c15-11(16)4-6-14-12(17)9-2-1-8-3-5-13-10(8)7-9/h1-2,7,13H,3-6H2,(H,14,17)(H,15,16). The van der Waals surface area contributed by atoms with Crippen LogP contribution in [0.3, 0.4) is 0 Å². The summed E-state index contributed by atoms with van der Waals surface area (Å²) in [5.74, 6) is -1.15. The number of hydrogen-bond acceptors (Lipinski definition) is 3. The molecule has 0 fully saturated rings. The SMILES string of the molecule is O=C(O)CCNC(=O)c1ccc2c(c1)NCC2. The minimum atomic E-state index is -0.916. The van der Waals surface area contributed by atoms with Crippen molar-refractivity contribution in [1.29, 1.82) is 0 Å². The third-order valence-corrected chi connectivity index (χ3v) is 2.71. The normalized spacial score (nSPS) is 12.7. The Morgan fingerprint density at radius 2 is 2.24 bits per heavy atom. The molecule has 90 valence electrons. The number of rotatable bonds is 4. The fourth-order valence-corrected chi connectivity index (χ4v) is 1.82. The van der Waals surface area contributed by atoms with E-state index in [1.54, 1.807) is 12.1 Å². The lowest BCUT2D eigenvalue weighted by Crippen LogP contribution is -2.26. The highest BCUT2D eigenvalue weighted by Crippen LogP contribution is 2.22. The van der Waals surface area contributed by atoms with Gasteiger partial charge in [0.15, 0.2) is 0 Å². The molecule has 0 spiro atoms. The number of hydrogen-bond donors (Lipinski definition) is 3. The zero-order chi connectivity index (χ0) is 12.3. The Kier molecular flexibility index (Phi) is 3.27. The minimum Gasteiger partial charge on any atom is -0.481 e. The van der Waals surface area contributed by atoms with Gasteiger partial charge in [-0.25, -0.2) is 0 Å². The molecule has 1 aliphatic heterocycles. The summed E-state index contributed by atoms with van der Waals surface area (Å²) in [6, 6.07) is 5.50. The van der Waals surface area contributed by atoms with Gasteiger partial charge in [-0.3, -0.25) is 9.59 Å². The maximum Gasteiger partial charge on any atom is 0.305 e. The summed E-state index contributed by atoms with van der Waals surface area (Å²) >= 11 is 0. The van der Waals surface area contributed by atoms with Gasteiger partial charge in [0.25, 0.3) is 5.91 Å². The molecule has 1 aromatic carbocycles. The van der Waals surface area contributed by atoms with Crippen molar-refractivity contribution in [1.82, 2.24) is 5.32 Å². The summed E-state index contributed by atoms with van der Waals surface area (Å²) in [7, 11) is 0. The molecule has 0 radical (unpaired) electrons. The highest BCUT2D eigenvalue weighted by molar-refractivity contribution is 5.95. The lowest BCUT2D eigenvalue weighted by atomic mass is 10.1. The zero-order valence-corrected chi connectivity index (χ0v) is 9.32. The van der Waals surface area contributed by atoms with E-state index in [4.69, 9.17) is 5.11 Å². The predicted octanol–water partition coefficient (Wildman–Crippen LogP) is 0.859. The van der Waals surface area contributed by atoms with Crippen LogP contribution in [0.4, 0.5) is 5.69 Å². The van der Waals surface area contributed by atoms with Crippen LogP contribution in [0.15, 0.2) is 18.2 Å². The minimum absolute atomic E-state index is 0.0606. The van der Waals surface area contributed by atoms with E-state index < -0.39 is 5.97 Å². The third-order valence-electron chi connectivity index (χ3n) is 2.71. The van der Waals surface area contributed by atoms with Gasteiger partial charge in [-0.1, -0.05) is 6.07 Å². The average Bonchev–Trinajstić information content (AvgIpc) is 2.75. The lowest BCUT2D eigenvalue weighted by Gasteiger charge is -2.06. The molecule has 0 aliphatic carbocycles. The molecule has 0 unspecified atom stereocenters. The van der Waals surface area contributed by atoms with Crippen molar-refractivity contribution in [3.8, 4) is 0 Å². The Bertz CT molecular complexity index is 457. The van der Waals surface area contributed by atoms with E-state index in [2.05, 4.69) is 10.6 Å². The zero-order valence-electron chi connectivity index (χ0n) is 9.32. The van der Waals surface area contributed by atoms with Gasteiger partial charge in [-0.05, 0) is 24.1 Å². The number of carbonyl (C=O) groups is 2. The van der Waals surface area contributed by atoms with Gasteiger partial charge in [-0.15, -0.1) is 0 Å². The van der Waals surface area contributed by atoms with Crippen molar-refractivity contribution in [2.24, 2.45) is 0 Å². The highest BCUT2D eigenvalue weighted by Gasteiger charge is 2.13. The van der Waals surface area contributed by atoms with Gasteiger partial charge < -0.3 is 15.7 Å². The molecular weight excluding hydrogens is 220 g/mol. The van der Waals surface area contributed by atoms with Gasteiger partial charge in [0.2, 0.25) is 0 Å². The number of anilines is 1. The molecule has 0 saturated heterocycles. The fraction of sp³-hybridized carbons (Fsp3) is 0.333. The molecule has 5 heteroatoms. The number of benzene rings is 1. The van der Waals surface area contributed by atoms with Gasteiger partial charge in [0.1, 0.15) is 0 Å². The molecule has 0 bridgehead atoms. The van der Waals surface area contributed by atoms with Crippen molar-refractivity contribution in [3.05, 3.63) is 29.3 Å². The number of fused-ring (bicyclic) bond motifs is 1. The van der Waals surface area contributed by atoms with E-state index >= 15 is 0 Å². The van der Waals surface area contributed by atoms with Crippen LogP contribution in [0.1, 0.15) is 22.3 Å². The van der Waals surface area contributed by atoms with E-state index in [0.29, 0.717) is 5.56 Å². The Morgan fingerprint density at radius 3 is 3.00 bits per heavy atom. The number of carboxylic acid groups (broad SMARTS) is 1. The van der Waals surface area contributed by atoms with E-state index in [0.717, 1.165) is 18.7 Å². The Morgan fingerprint density at radius 1 is 1.41 bits per heavy atom. The summed E-state index contributed by atoms with van der Waals surface area (Å²) in [5, 5.41) is 14.2. The predicted molar refractivity (Wildman–Crippen MR) is 63.2 cm³/mol. The molecule has 5 nitrogen and oxygen atoms in total. The van der Waals surface area contributed by atoms with Gasteiger partial charge >= 0.3 is 5.97 Å². The van der Waals surface area contributed by atoms with Gasteiger partial charge in [0, 0.05) is 24.3 Å². The molecule has 0 saturated carbocycles. The van der Waals surface area contributed by atoms with Crippen LogP contribution in [0, 0.1) is 0 Å². The summed E-state index contributed by atoms with van der Waals surface area (Å²) < 4.78 is 0. The molecule has 1 aromatic rings. The topological polar surface area (TPSA) is 78.4 Å². The summed E-state index contributed by atoms with van der Waals surface area (Å²) in [6.45, 7) is 1.05. The van der Waals surface area contributed by atoms with Crippen LogP contribution < -0.4 is 10.6 Å². The molecule has 17 heavy (non-hydrogen) atoms. The number of carbonyl (C=O) groups excluding carboxylic acids is 1. The molecule has 1 heterocycles. The lowest BCUT2D eigenvalue weighted by molar-refractivity contribution is -0.136. The fourth-order valence-electron chi connectivity index (χ4n) is 1.82. The van der Waals surface area contributed by atoms with Crippen molar-refractivity contribution >= 4 is 17.6 Å². The van der Waals surface area contributed by atoms with Crippen LogP contribution in [-0.2, 0) is 11.2 Å². The van der Waals surface area contributed by atoms with Crippen molar-refractivity contribution in [2.75, 3.05) is 18.4 Å². The van der Waals surface area contributed by atoms with Crippen LogP contribution >= 0.6 is 0 Å². The number of carboxylic acids is 1. The second-order valence-electron chi connectivity index (χ2n) is 3.95. The van der Waals surface area contributed by atoms with Crippen LogP contribution in [0.25, 0.3) is 0 Å². The quantitative estimate of drug-likeness (QED) is 0.722. The number of aliphatic carboxylic acids is 1. The molecule has 1 aliphatic rings. The molecule has 0 atom stereocenters. The second-order valence-corrected chi connectivity index (χ2v) is 3.95. The second kappa shape index (κ2) is 4.86. The maximum absolute atomic E-state index is 11.7. The van der Waals surface area contributed by atoms with Gasteiger partial charge in [-0.2, -0.15) is 0 Å². The largest absolute Gasteiger partial charge is 0.481 e. The first-order valence-corrected chi connectivity index (χ1v) is 5.53.